The highest BCUT2D eigenvalue weighted by molar-refractivity contribution is 5.71. The topological polar surface area (TPSA) is 76.7 Å². The first-order valence-corrected chi connectivity index (χ1v) is 6.76. The molecule has 2 N–H and O–H groups in total. The fourth-order valence-electron chi connectivity index (χ4n) is 2.74. The Kier molecular flexibility index (Phi) is 3.60. The lowest BCUT2D eigenvalue weighted by molar-refractivity contribution is 0.0273. The third-order valence-electron chi connectivity index (χ3n) is 3.54. The summed E-state index contributed by atoms with van der Waals surface area (Å²) < 4.78 is 10.6. The van der Waals surface area contributed by atoms with Crippen LogP contribution >= 0.6 is 0 Å². The van der Waals surface area contributed by atoms with Gasteiger partial charge in [0.15, 0.2) is 0 Å². The molecule has 1 saturated heterocycles. The number of hydrogen-bond acceptors (Lipinski definition) is 4. The van der Waals surface area contributed by atoms with E-state index in [1.807, 2.05) is 20.8 Å². The van der Waals surface area contributed by atoms with Crippen LogP contribution in [0.3, 0.4) is 0 Å². The summed E-state index contributed by atoms with van der Waals surface area (Å²) in [6, 6.07) is 0. The van der Waals surface area contributed by atoms with Crippen molar-refractivity contribution in [2.75, 3.05) is 6.54 Å². The minimum absolute atomic E-state index is 0.310. The van der Waals surface area contributed by atoms with Gasteiger partial charge in [0.1, 0.15) is 11.7 Å². The predicted octanol–water partition coefficient (Wildman–Crippen LogP) is 1.93. The fraction of sp³-hybridized carbons (Fsp3) is 0.846. The third kappa shape index (κ3) is 3.30. The van der Waals surface area contributed by atoms with E-state index in [2.05, 4.69) is 10.6 Å². The summed E-state index contributed by atoms with van der Waals surface area (Å²) in [6.45, 7) is 5.91. The van der Waals surface area contributed by atoms with Crippen LogP contribution in [0.5, 0.6) is 0 Å². The maximum Gasteiger partial charge on any atom is 0.408 e. The van der Waals surface area contributed by atoms with Gasteiger partial charge in [-0.2, -0.15) is 0 Å². The van der Waals surface area contributed by atoms with E-state index >= 15 is 0 Å². The van der Waals surface area contributed by atoms with Gasteiger partial charge in [-0.05, 0) is 33.6 Å². The zero-order chi connectivity index (χ0) is 14.1. The quantitative estimate of drug-likeness (QED) is 0.804. The number of hydrogen-bond donors (Lipinski definition) is 2. The summed E-state index contributed by atoms with van der Waals surface area (Å²) in [5, 5.41) is 5.57. The number of amides is 2. The predicted molar refractivity (Wildman–Crippen MR) is 68.8 cm³/mol. The minimum Gasteiger partial charge on any atom is -0.444 e. The zero-order valence-corrected chi connectivity index (χ0v) is 11.7. The molecule has 2 amide bonds. The molecule has 1 atom stereocenters. The second kappa shape index (κ2) is 4.90. The van der Waals surface area contributed by atoms with Crippen molar-refractivity contribution in [2.45, 2.75) is 63.7 Å². The Balaban J connectivity index is 2.03. The molecule has 0 aromatic rings. The monoisotopic (exact) mass is 270 g/mol. The van der Waals surface area contributed by atoms with Crippen molar-refractivity contribution in [1.82, 2.24) is 10.6 Å². The fourth-order valence-corrected chi connectivity index (χ4v) is 2.74. The van der Waals surface area contributed by atoms with E-state index < -0.39 is 23.3 Å². The van der Waals surface area contributed by atoms with Crippen LogP contribution in [0.25, 0.3) is 0 Å². The van der Waals surface area contributed by atoms with Crippen LogP contribution < -0.4 is 10.6 Å². The summed E-state index contributed by atoms with van der Waals surface area (Å²) in [6.07, 6.45) is 2.49. The Morgan fingerprint density at radius 3 is 2.53 bits per heavy atom. The highest BCUT2D eigenvalue weighted by Gasteiger charge is 2.47. The van der Waals surface area contributed by atoms with Gasteiger partial charge in [-0.15, -0.1) is 0 Å². The largest absolute Gasteiger partial charge is 0.444 e. The van der Waals surface area contributed by atoms with Crippen molar-refractivity contribution >= 4 is 12.2 Å². The molecule has 1 aliphatic carbocycles. The molecular weight excluding hydrogens is 248 g/mol. The van der Waals surface area contributed by atoms with E-state index in [1.165, 1.54) is 0 Å². The number of cyclic esters (lactones) is 1. The molecule has 0 aromatic carbocycles. The molecule has 0 aromatic heterocycles. The van der Waals surface area contributed by atoms with Crippen molar-refractivity contribution in [3.8, 4) is 0 Å². The summed E-state index contributed by atoms with van der Waals surface area (Å²) >= 11 is 0. The molecule has 1 saturated carbocycles. The molecule has 2 rings (SSSR count). The maximum atomic E-state index is 12.0. The Bertz CT molecular complexity index is 369. The number of alkyl carbamates (subject to hydrolysis) is 2. The number of ether oxygens (including phenoxy) is 2. The summed E-state index contributed by atoms with van der Waals surface area (Å²) in [7, 11) is 0. The van der Waals surface area contributed by atoms with Crippen molar-refractivity contribution in [3.05, 3.63) is 0 Å². The normalized spacial score (nSPS) is 25.6. The van der Waals surface area contributed by atoms with Crippen LogP contribution in [0.4, 0.5) is 9.59 Å². The lowest BCUT2D eigenvalue weighted by Gasteiger charge is -2.35. The number of nitrogens with one attached hydrogen (secondary N) is 2. The molecule has 0 spiro atoms. The molecule has 1 aliphatic heterocycles. The molecule has 2 aliphatic rings. The molecular formula is C13H22N2O4. The van der Waals surface area contributed by atoms with E-state index in [1.54, 1.807) is 0 Å². The van der Waals surface area contributed by atoms with Gasteiger partial charge in [0, 0.05) is 0 Å². The van der Waals surface area contributed by atoms with Crippen LogP contribution in [-0.4, -0.2) is 36.0 Å². The first-order chi connectivity index (χ1) is 8.81. The van der Waals surface area contributed by atoms with E-state index in [0.717, 1.165) is 25.7 Å². The van der Waals surface area contributed by atoms with Gasteiger partial charge in [-0.25, -0.2) is 9.59 Å². The number of rotatable bonds is 2. The average Bonchev–Trinajstić information content (AvgIpc) is 2.84. The zero-order valence-electron chi connectivity index (χ0n) is 11.7. The average molecular weight is 270 g/mol. The maximum absolute atomic E-state index is 12.0. The number of carbonyl (C=O) groups excluding carboxylic acids is 2. The molecule has 108 valence electrons. The van der Waals surface area contributed by atoms with Crippen molar-refractivity contribution in [1.29, 1.82) is 0 Å². The van der Waals surface area contributed by atoms with E-state index in [0.29, 0.717) is 6.54 Å². The molecule has 0 bridgehead atoms. The summed E-state index contributed by atoms with van der Waals surface area (Å²) in [5.74, 6) is 0. The summed E-state index contributed by atoms with van der Waals surface area (Å²) in [5.41, 5.74) is -1.02. The van der Waals surface area contributed by atoms with Crippen molar-refractivity contribution in [3.63, 3.8) is 0 Å². The van der Waals surface area contributed by atoms with Gasteiger partial charge in [0.2, 0.25) is 0 Å². The van der Waals surface area contributed by atoms with E-state index in [9.17, 15) is 9.59 Å². The van der Waals surface area contributed by atoms with E-state index in [4.69, 9.17) is 9.47 Å². The molecule has 0 radical (unpaired) electrons. The van der Waals surface area contributed by atoms with Crippen LogP contribution in [0, 0.1) is 0 Å². The highest BCUT2D eigenvalue weighted by atomic mass is 16.6. The SMILES string of the molecule is CC(C)(C)OC(=O)NC1(C2CNC(=O)O2)CCCC1. The van der Waals surface area contributed by atoms with Gasteiger partial charge in [0.05, 0.1) is 12.1 Å². The van der Waals surface area contributed by atoms with E-state index in [-0.39, 0.29) is 6.10 Å². The number of carbonyl (C=O) groups is 2. The molecule has 6 nitrogen and oxygen atoms in total. The Hall–Kier alpha value is -1.46. The Morgan fingerprint density at radius 2 is 2.05 bits per heavy atom. The van der Waals surface area contributed by atoms with Crippen molar-refractivity contribution in [2.24, 2.45) is 0 Å². The van der Waals surface area contributed by atoms with Crippen LogP contribution in [-0.2, 0) is 9.47 Å². The van der Waals surface area contributed by atoms with Gasteiger partial charge in [-0.3, -0.25) is 0 Å². The Labute approximate surface area is 113 Å². The minimum atomic E-state index is -0.533. The van der Waals surface area contributed by atoms with Gasteiger partial charge < -0.3 is 20.1 Å². The molecule has 19 heavy (non-hydrogen) atoms. The lowest BCUT2D eigenvalue weighted by atomic mass is 9.90. The second-order valence-electron chi connectivity index (χ2n) is 6.26. The standard InChI is InChI=1S/C13H22N2O4/c1-12(2,3)19-11(17)15-13(6-4-5-7-13)9-8-14-10(16)18-9/h9H,4-8H2,1-3H3,(H,14,16)(H,15,17). The molecule has 6 heteroatoms. The van der Waals surface area contributed by atoms with Crippen LogP contribution in [0.15, 0.2) is 0 Å². The molecule has 2 fully saturated rings. The molecule has 1 heterocycles. The smallest absolute Gasteiger partial charge is 0.408 e. The van der Waals surface area contributed by atoms with Crippen LogP contribution in [0.1, 0.15) is 46.5 Å². The van der Waals surface area contributed by atoms with Crippen molar-refractivity contribution < 1.29 is 19.1 Å². The lowest BCUT2D eigenvalue weighted by Crippen LogP contribution is -2.57. The molecule has 1 unspecified atom stereocenters. The van der Waals surface area contributed by atoms with Gasteiger partial charge in [0.25, 0.3) is 0 Å². The van der Waals surface area contributed by atoms with Crippen LogP contribution in [0.2, 0.25) is 0 Å². The second-order valence-corrected chi connectivity index (χ2v) is 6.26. The Morgan fingerprint density at radius 1 is 1.42 bits per heavy atom. The highest BCUT2D eigenvalue weighted by Crippen LogP contribution is 2.35. The van der Waals surface area contributed by atoms with Gasteiger partial charge >= 0.3 is 12.2 Å². The first kappa shape index (κ1) is 14.0. The third-order valence-corrected chi connectivity index (χ3v) is 3.54. The van der Waals surface area contributed by atoms with Gasteiger partial charge in [-0.1, -0.05) is 12.8 Å². The summed E-state index contributed by atoms with van der Waals surface area (Å²) in [4.78, 5) is 23.2. The first-order valence-electron chi connectivity index (χ1n) is 6.76.